The highest BCUT2D eigenvalue weighted by Gasteiger charge is 2.21. The van der Waals surface area contributed by atoms with Gasteiger partial charge in [-0.05, 0) is 24.3 Å². The molecule has 2 rings (SSSR count). The topological polar surface area (TPSA) is 41.6 Å². The highest BCUT2D eigenvalue weighted by atomic mass is 16.5. The highest BCUT2D eigenvalue weighted by molar-refractivity contribution is 5.78. The Morgan fingerprint density at radius 1 is 1.43 bits per heavy atom. The van der Waals surface area contributed by atoms with Crippen molar-refractivity contribution in [2.45, 2.75) is 25.8 Å². The summed E-state index contributed by atoms with van der Waals surface area (Å²) in [5, 5.41) is 3.33. The Morgan fingerprint density at radius 3 is 2.86 bits per heavy atom. The van der Waals surface area contributed by atoms with E-state index >= 15 is 0 Å². The molecule has 1 aromatic carbocycles. The normalized spacial score (nSPS) is 20.3. The number of hydrogen-bond donors (Lipinski definition) is 1. The van der Waals surface area contributed by atoms with Crippen LogP contribution in [0.2, 0.25) is 0 Å². The SMILES string of the molecule is COC[C@H](NCC(=O)N1CCC[C@H](C)C1)c1ccccc1. The number of carbonyl (C=O) groups excluding carboxylic acids is 1. The summed E-state index contributed by atoms with van der Waals surface area (Å²) in [6.45, 7) is 4.93. The molecule has 1 aromatic rings. The van der Waals surface area contributed by atoms with Crippen molar-refractivity contribution < 1.29 is 9.53 Å². The third kappa shape index (κ3) is 4.83. The number of carbonyl (C=O) groups is 1. The average Bonchev–Trinajstić information content (AvgIpc) is 2.52. The number of nitrogens with zero attached hydrogens (tertiary/aromatic N) is 1. The zero-order chi connectivity index (χ0) is 15.1. The number of benzene rings is 1. The maximum atomic E-state index is 12.3. The molecule has 2 atom stereocenters. The van der Waals surface area contributed by atoms with Gasteiger partial charge in [0.2, 0.25) is 5.91 Å². The number of likely N-dealkylation sites (tertiary alicyclic amines) is 1. The minimum atomic E-state index is 0.0577. The van der Waals surface area contributed by atoms with E-state index in [1.165, 1.54) is 6.42 Å². The number of piperidine rings is 1. The Labute approximate surface area is 127 Å². The van der Waals surface area contributed by atoms with Gasteiger partial charge in [0.05, 0.1) is 19.2 Å². The Kier molecular flexibility index (Phi) is 6.21. The summed E-state index contributed by atoms with van der Waals surface area (Å²) in [6.07, 6.45) is 2.35. The van der Waals surface area contributed by atoms with E-state index < -0.39 is 0 Å². The molecule has 0 unspecified atom stereocenters. The van der Waals surface area contributed by atoms with Crippen LogP contribution in [0.3, 0.4) is 0 Å². The predicted molar refractivity (Wildman–Crippen MR) is 84.0 cm³/mol. The summed E-state index contributed by atoms with van der Waals surface area (Å²) in [7, 11) is 1.69. The molecule has 4 heteroatoms. The molecular formula is C17H26N2O2. The minimum Gasteiger partial charge on any atom is -0.383 e. The molecule has 0 bridgehead atoms. The van der Waals surface area contributed by atoms with Crippen LogP contribution in [0.15, 0.2) is 30.3 Å². The van der Waals surface area contributed by atoms with Crippen molar-refractivity contribution in [2.24, 2.45) is 5.92 Å². The van der Waals surface area contributed by atoms with Crippen molar-refractivity contribution in [3.05, 3.63) is 35.9 Å². The van der Waals surface area contributed by atoms with Crippen molar-refractivity contribution in [3.8, 4) is 0 Å². The lowest BCUT2D eigenvalue weighted by atomic mass is 10.0. The van der Waals surface area contributed by atoms with Gasteiger partial charge in [0.15, 0.2) is 0 Å². The molecule has 1 aliphatic heterocycles. The predicted octanol–water partition coefficient (Wildman–Crippen LogP) is 2.22. The number of hydrogen-bond acceptors (Lipinski definition) is 3. The maximum Gasteiger partial charge on any atom is 0.236 e. The summed E-state index contributed by atoms with van der Waals surface area (Å²) >= 11 is 0. The lowest BCUT2D eigenvalue weighted by molar-refractivity contribution is -0.132. The van der Waals surface area contributed by atoms with Crippen LogP contribution < -0.4 is 5.32 Å². The van der Waals surface area contributed by atoms with Gasteiger partial charge in [-0.2, -0.15) is 0 Å². The molecule has 1 fully saturated rings. The van der Waals surface area contributed by atoms with Gasteiger partial charge >= 0.3 is 0 Å². The van der Waals surface area contributed by atoms with Crippen molar-refractivity contribution in [3.63, 3.8) is 0 Å². The van der Waals surface area contributed by atoms with Gasteiger partial charge in [0, 0.05) is 20.2 Å². The zero-order valence-electron chi connectivity index (χ0n) is 13.0. The fraction of sp³-hybridized carbons (Fsp3) is 0.588. The molecule has 1 heterocycles. The second kappa shape index (κ2) is 8.15. The molecule has 1 amide bonds. The second-order valence-corrected chi connectivity index (χ2v) is 5.89. The first-order valence-electron chi connectivity index (χ1n) is 7.75. The molecule has 116 valence electrons. The van der Waals surface area contributed by atoms with Gasteiger partial charge in [-0.15, -0.1) is 0 Å². The first kappa shape index (κ1) is 16.0. The molecule has 1 aliphatic rings. The average molecular weight is 290 g/mol. The van der Waals surface area contributed by atoms with E-state index in [1.807, 2.05) is 23.1 Å². The standard InChI is InChI=1S/C17H26N2O2/c1-14-7-6-10-19(12-14)17(20)11-18-16(13-21-2)15-8-4-3-5-9-15/h3-5,8-9,14,16,18H,6-7,10-13H2,1-2H3/t14-,16-/m0/s1. The largest absolute Gasteiger partial charge is 0.383 e. The van der Waals surface area contributed by atoms with E-state index in [1.54, 1.807) is 7.11 Å². The summed E-state index contributed by atoms with van der Waals surface area (Å²) in [5.74, 6) is 0.810. The fourth-order valence-corrected chi connectivity index (χ4v) is 2.86. The van der Waals surface area contributed by atoms with Crippen molar-refractivity contribution in [2.75, 3.05) is 33.4 Å². The zero-order valence-corrected chi connectivity index (χ0v) is 13.0. The number of nitrogens with one attached hydrogen (secondary N) is 1. The first-order chi connectivity index (χ1) is 10.2. The van der Waals surface area contributed by atoms with E-state index in [0.717, 1.165) is 25.1 Å². The molecule has 4 nitrogen and oxygen atoms in total. The van der Waals surface area contributed by atoms with Crippen LogP contribution in [0.5, 0.6) is 0 Å². The van der Waals surface area contributed by atoms with E-state index in [-0.39, 0.29) is 11.9 Å². The van der Waals surface area contributed by atoms with Gasteiger partial charge in [-0.25, -0.2) is 0 Å². The van der Waals surface area contributed by atoms with Crippen LogP contribution in [0.1, 0.15) is 31.4 Å². The summed E-state index contributed by atoms with van der Waals surface area (Å²) in [5.41, 5.74) is 1.15. The summed E-state index contributed by atoms with van der Waals surface area (Å²) < 4.78 is 5.27. The molecule has 0 saturated carbocycles. The lowest BCUT2D eigenvalue weighted by Gasteiger charge is -2.31. The minimum absolute atomic E-state index is 0.0577. The van der Waals surface area contributed by atoms with Crippen LogP contribution >= 0.6 is 0 Å². The Hall–Kier alpha value is -1.39. The Morgan fingerprint density at radius 2 is 2.19 bits per heavy atom. The van der Waals surface area contributed by atoms with Crippen molar-refractivity contribution in [1.29, 1.82) is 0 Å². The quantitative estimate of drug-likeness (QED) is 0.873. The third-order valence-electron chi connectivity index (χ3n) is 4.04. The molecule has 21 heavy (non-hydrogen) atoms. The van der Waals surface area contributed by atoms with E-state index in [9.17, 15) is 4.79 Å². The van der Waals surface area contributed by atoms with Gasteiger partial charge in [-0.1, -0.05) is 37.3 Å². The van der Waals surface area contributed by atoms with Crippen LogP contribution in [-0.4, -0.2) is 44.2 Å². The summed E-state index contributed by atoms with van der Waals surface area (Å²) in [6, 6.07) is 10.2. The van der Waals surface area contributed by atoms with E-state index in [2.05, 4.69) is 24.4 Å². The van der Waals surface area contributed by atoms with Gasteiger partial charge in [-0.3, -0.25) is 10.1 Å². The molecule has 0 spiro atoms. The first-order valence-corrected chi connectivity index (χ1v) is 7.75. The van der Waals surface area contributed by atoms with E-state index in [4.69, 9.17) is 4.74 Å². The van der Waals surface area contributed by atoms with Gasteiger partial charge in [0.25, 0.3) is 0 Å². The smallest absolute Gasteiger partial charge is 0.236 e. The maximum absolute atomic E-state index is 12.3. The second-order valence-electron chi connectivity index (χ2n) is 5.89. The van der Waals surface area contributed by atoms with Gasteiger partial charge in [0.1, 0.15) is 0 Å². The van der Waals surface area contributed by atoms with Crippen LogP contribution in [0.4, 0.5) is 0 Å². The number of methoxy groups -OCH3 is 1. The fourth-order valence-electron chi connectivity index (χ4n) is 2.86. The number of amides is 1. The Balaban J connectivity index is 1.88. The van der Waals surface area contributed by atoms with Gasteiger partial charge < -0.3 is 9.64 Å². The third-order valence-corrected chi connectivity index (χ3v) is 4.04. The lowest BCUT2D eigenvalue weighted by Crippen LogP contribution is -2.44. The highest BCUT2D eigenvalue weighted by Crippen LogP contribution is 2.16. The van der Waals surface area contributed by atoms with Crippen molar-refractivity contribution >= 4 is 5.91 Å². The molecule has 0 aromatic heterocycles. The molecule has 1 N–H and O–H groups in total. The number of ether oxygens (including phenoxy) is 1. The van der Waals surface area contributed by atoms with Crippen LogP contribution in [0, 0.1) is 5.92 Å². The molecule has 0 radical (unpaired) electrons. The van der Waals surface area contributed by atoms with Crippen LogP contribution in [-0.2, 0) is 9.53 Å². The van der Waals surface area contributed by atoms with Crippen LogP contribution in [0.25, 0.3) is 0 Å². The number of rotatable bonds is 6. The summed E-state index contributed by atoms with van der Waals surface area (Å²) in [4.78, 5) is 14.3. The Bertz CT molecular complexity index is 436. The van der Waals surface area contributed by atoms with Crippen molar-refractivity contribution in [1.82, 2.24) is 10.2 Å². The molecule has 1 saturated heterocycles. The molecule has 0 aliphatic carbocycles. The monoisotopic (exact) mass is 290 g/mol. The molecular weight excluding hydrogens is 264 g/mol. The van der Waals surface area contributed by atoms with E-state index in [0.29, 0.717) is 19.1 Å².